The van der Waals surface area contributed by atoms with Gasteiger partial charge in [-0.25, -0.2) is 0 Å². The lowest BCUT2D eigenvalue weighted by atomic mass is 10.2. The lowest BCUT2D eigenvalue weighted by Crippen LogP contribution is -2.34. The first-order valence-corrected chi connectivity index (χ1v) is 4.91. The molecule has 1 amide bonds. The molecular weight excluding hydrogens is 218 g/mol. The van der Waals surface area contributed by atoms with Crippen molar-refractivity contribution in [3.63, 3.8) is 0 Å². The van der Waals surface area contributed by atoms with Crippen LogP contribution in [0.25, 0.3) is 0 Å². The Kier molecular flexibility index (Phi) is 4.08. The molecular formula is C12H11N3O2. The number of nitrogens with zero attached hydrogens (tertiary/aromatic N) is 2. The van der Waals surface area contributed by atoms with Gasteiger partial charge in [0.2, 0.25) is 5.91 Å². The molecule has 0 atom stereocenters. The van der Waals surface area contributed by atoms with Gasteiger partial charge in [0.05, 0.1) is 6.54 Å². The van der Waals surface area contributed by atoms with Crippen molar-refractivity contribution >= 4 is 5.91 Å². The Morgan fingerprint density at radius 3 is 2.88 bits per heavy atom. The Labute approximate surface area is 98.7 Å². The van der Waals surface area contributed by atoms with E-state index < -0.39 is 5.56 Å². The number of pyridine rings is 1. The fourth-order valence-corrected chi connectivity index (χ4v) is 1.30. The molecule has 86 valence electrons. The van der Waals surface area contributed by atoms with Crippen LogP contribution < -0.4 is 10.9 Å². The van der Waals surface area contributed by atoms with E-state index in [4.69, 9.17) is 11.7 Å². The molecule has 1 heterocycles. The van der Waals surface area contributed by atoms with Gasteiger partial charge in [-0.15, -0.1) is 6.42 Å². The van der Waals surface area contributed by atoms with Gasteiger partial charge in [0.15, 0.2) is 0 Å². The van der Waals surface area contributed by atoms with Gasteiger partial charge in [0.25, 0.3) is 5.56 Å². The molecule has 0 saturated heterocycles. The molecule has 1 rings (SSSR count). The summed E-state index contributed by atoms with van der Waals surface area (Å²) in [7, 11) is 0. The molecule has 1 aromatic heterocycles. The Morgan fingerprint density at radius 2 is 2.29 bits per heavy atom. The van der Waals surface area contributed by atoms with Crippen LogP contribution in [0, 0.1) is 30.6 Å². The van der Waals surface area contributed by atoms with E-state index in [9.17, 15) is 9.59 Å². The quantitative estimate of drug-likeness (QED) is 0.728. The van der Waals surface area contributed by atoms with Crippen LogP contribution in [0.15, 0.2) is 16.9 Å². The molecule has 5 heteroatoms. The number of aryl methyl sites for hydroxylation is 1. The fraction of sp³-hybridized carbons (Fsp3) is 0.250. The van der Waals surface area contributed by atoms with Crippen molar-refractivity contribution in [2.24, 2.45) is 0 Å². The van der Waals surface area contributed by atoms with E-state index in [0.29, 0.717) is 5.69 Å². The van der Waals surface area contributed by atoms with Gasteiger partial charge >= 0.3 is 0 Å². The van der Waals surface area contributed by atoms with E-state index in [1.165, 1.54) is 10.6 Å². The molecule has 0 bridgehead atoms. The van der Waals surface area contributed by atoms with Gasteiger partial charge in [0, 0.05) is 5.69 Å². The Hall–Kier alpha value is -2.53. The lowest BCUT2D eigenvalue weighted by molar-refractivity contribution is -0.121. The topological polar surface area (TPSA) is 74.9 Å². The van der Waals surface area contributed by atoms with Crippen LogP contribution in [0.5, 0.6) is 0 Å². The zero-order valence-electron chi connectivity index (χ0n) is 9.36. The van der Waals surface area contributed by atoms with Crippen molar-refractivity contribution in [2.45, 2.75) is 13.5 Å². The second-order valence-electron chi connectivity index (χ2n) is 3.37. The summed E-state index contributed by atoms with van der Waals surface area (Å²) in [5, 5.41) is 11.2. The summed E-state index contributed by atoms with van der Waals surface area (Å²) in [6.07, 6.45) is 5.00. The molecule has 0 saturated carbocycles. The second kappa shape index (κ2) is 5.53. The molecule has 17 heavy (non-hydrogen) atoms. The van der Waals surface area contributed by atoms with Crippen molar-refractivity contribution in [3.8, 4) is 18.4 Å². The van der Waals surface area contributed by atoms with Crippen LogP contribution in [0.2, 0.25) is 0 Å². The van der Waals surface area contributed by atoms with Gasteiger partial charge in [0.1, 0.15) is 18.2 Å². The van der Waals surface area contributed by atoms with Gasteiger partial charge < -0.3 is 9.88 Å². The SMILES string of the molecule is C#CCNC(=O)Cn1c(C)ccc(C#N)c1=O. The van der Waals surface area contributed by atoms with Crippen molar-refractivity contribution in [1.29, 1.82) is 5.26 Å². The third-order valence-corrected chi connectivity index (χ3v) is 2.20. The Morgan fingerprint density at radius 1 is 1.59 bits per heavy atom. The highest BCUT2D eigenvalue weighted by atomic mass is 16.2. The largest absolute Gasteiger partial charge is 0.344 e. The monoisotopic (exact) mass is 229 g/mol. The van der Waals surface area contributed by atoms with Crippen molar-refractivity contribution < 1.29 is 4.79 Å². The van der Waals surface area contributed by atoms with E-state index in [2.05, 4.69) is 11.2 Å². The maximum Gasteiger partial charge on any atom is 0.269 e. The van der Waals surface area contributed by atoms with Crippen LogP contribution in [0.4, 0.5) is 0 Å². The van der Waals surface area contributed by atoms with Gasteiger partial charge in [-0.05, 0) is 19.1 Å². The lowest BCUT2D eigenvalue weighted by Gasteiger charge is -2.09. The third-order valence-electron chi connectivity index (χ3n) is 2.20. The summed E-state index contributed by atoms with van der Waals surface area (Å²) in [6, 6.07) is 4.84. The first-order valence-electron chi connectivity index (χ1n) is 4.91. The first kappa shape index (κ1) is 12.5. The average molecular weight is 229 g/mol. The van der Waals surface area contributed by atoms with Gasteiger partial charge in [-0.2, -0.15) is 5.26 Å². The van der Waals surface area contributed by atoms with Crippen LogP contribution in [-0.4, -0.2) is 17.0 Å². The molecule has 0 aliphatic heterocycles. The Bertz CT molecular complexity index is 573. The number of amides is 1. The standard InChI is InChI=1S/C12H11N3O2/c1-3-6-14-11(16)8-15-9(2)4-5-10(7-13)12(15)17/h1,4-5H,6,8H2,2H3,(H,14,16). The number of hydrogen-bond donors (Lipinski definition) is 1. The summed E-state index contributed by atoms with van der Waals surface area (Å²) in [6.45, 7) is 1.67. The minimum Gasteiger partial charge on any atom is -0.344 e. The van der Waals surface area contributed by atoms with E-state index in [-0.39, 0.29) is 24.6 Å². The third kappa shape index (κ3) is 2.96. The van der Waals surface area contributed by atoms with E-state index in [1.54, 1.807) is 19.1 Å². The summed E-state index contributed by atoms with van der Waals surface area (Å²) < 4.78 is 1.24. The second-order valence-corrected chi connectivity index (χ2v) is 3.37. The predicted octanol–water partition coefficient (Wildman–Crippen LogP) is -0.222. The van der Waals surface area contributed by atoms with Crippen molar-refractivity contribution in [2.75, 3.05) is 6.54 Å². The molecule has 1 aromatic rings. The summed E-state index contributed by atoms with van der Waals surface area (Å²) in [5.74, 6) is 1.91. The van der Waals surface area contributed by atoms with Crippen LogP contribution in [0.3, 0.4) is 0 Å². The molecule has 5 nitrogen and oxygen atoms in total. The summed E-state index contributed by atoms with van der Waals surface area (Å²) in [4.78, 5) is 23.2. The molecule has 1 N–H and O–H groups in total. The highest BCUT2D eigenvalue weighted by molar-refractivity contribution is 5.76. The molecule has 0 radical (unpaired) electrons. The van der Waals surface area contributed by atoms with Crippen LogP contribution in [-0.2, 0) is 11.3 Å². The normalized spacial score (nSPS) is 9.12. The Balaban J connectivity index is 3.00. The maximum absolute atomic E-state index is 11.8. The molecule has 0 spiro atoms. The number of hydrogen-bond acceptors (Lipinski definition) is 3. The predicted molar refractivity (Wildman–Crippen MR) is 62.0 cm³/mol. The fourth-order valence-electron chi connectivity index (χ4n) is 1.30. The minimum atomic E-state index is -0.469. The van der Waals surface area contributed by atoms with E-state index >= 15 is 0 Å². The van der Waals surface area contributed by atoms with Crippen molar-refractivity contribution in [1.82, 2.24) is 9.88 Å². The van der Waals surface area contributed by atoms with Gasteiger partial charge in [-0.3, -0.25) is 9.59 Å². The van der Waals surface area contributed by atoms with E-state index in [0.717, 1.165) is 0 Å². The molecule has 0 unspecified atom stereocenters. The molecule has 0 aliphatic rings. The van der Waals surface area contributed by atoms with Crippen LogP contribution in [0.1, 0.15) is 11.3 Å². The number of carbonyl (C=O) groups is 1. The average Bonchev–Trinajstić information content (AvgIpc) is 2.32. The first-order chi connectivity index (χ1) is 8.10. The number of aromatic nitrogens is 1. The smallest absolute Gasteiger partial charge is 0.269 e. The van der Waals surface area contributed by atoms with Crippen molar-refractivity contribution in [3.05, 3.63) is 33.7 Å². The van der Waals surface area contributed by atoms with E-state index in [1.807, 2.05) is 0 Å². The molecule has 0 aliphatic carbocycles. The minimum absolute atomic E-state index is 0.0142. The number of terminal acetylenes is 1. The number of nitrogens with one attached hydrogen (secondary N) is 1. The number of carbonyl (C=O) groups excluding carboxylic acids is 1. The highest BCUT2D eigenvalue weighted by Crippen LogP contribution is 1.97. The van der Waals surface area contributed by atoms with Gasteiger partial charge in [-0.1, -0.05) is 5.92 Å². The summed E-state index contributed by atoms with van der Waals surface area (Å²) >= 11 is 0. The molecule has 0 fully saturated rings. The zero-order chi connectivity index (χ0) is 12.8. The molecule has 0 aromatic carbocycles. The summed E-state index contributed by atoms with van der Waals surface area (Å²) in [5.41, 5.74) is 0.161. The number of rotatable bonds is 3. The number of nitriles is 1. The zero-order valence-corrected chi connectivity index (χ0v) is 9.36. The highest BCUT2D eigenvalue weighted by Gasteiger charge is 2.09. The van der Waals surface area contributed by atoms with Crippen LogP contribution >= 0.6 is 0 Å². The maximum atomic E-state index is 11.8.